The van der Waals surface area contributed by atoms with Crippen molar-refractivity contribution in [1.82, 2.24) is 14.9 Å². The molecule has 25 heavy (non-hydrogen) atoms. The van der Waals surface area contributed by atoms with Crippen molar-refractivity contribution in [3.05, 3.63) is 54.4 Å². The minimum Gasteiger partial charge on any atom is -0.389 e. The maximum absolute atomic E-state index is 14.1. The van der Waals surface area contributed by atoms with Crippen molar-refractivity contribution in [3.63, 3.8) is 0 Å². The van der Waals surface area contributed by atoms with Crippen molar-refractivity contribution in [3.8, 4) is 0 Å². The quantitative estimate of drug-likeness (QED) is 0.895. The molecule has 0 unspecified atom stereocenters. The van der Waals surface area contributed by atoms with E-state index >= 15 is 0 Å². The molecule has 2 fully saturated rings. The van der Waals surface area contributed by atoms with Crippen LogP contribution in [0, 0.1) is 5.82 Å². The average Bonchev–Trinajstić information content (AvgIpc) is 3.24. The molecule has 2 N–H and O–H groups in total. The fraction of sp³-hybridized carbons (Fsp3) is 0.474. The zero-order chi connectivity index (χ0) is 17.4. The van der Waals surface area contributed by atoms with Crippen LogP contribution in [-0.2, 0) is 10.2 Å². The lowest BCUT2D eigenvalue weighted by molar-refractivity contribution is -0.126. The number of carbonyl (C=O) groups excluding carboxylic acids is 1. The smallest absolute Gasteiger partial charge is 0.231 e. The molecule has 4 rings (SSSR count). The van der Waals surface area contributed by atoms with Gasteiger partial charge in [-0.3, -0.25) is 4.79 Å². The van der Waals surface area contributed by atoms with Crippen LogP contribution in [0.15, 0.2) is 43.0 Å². The van der Waals surface area contributed by atoms with E-state index in [2.05, 4.69) is 10.3 Å². The molecule has 0 saturated heterocycles. The summed E-state index contributed by atoms with van der Waals surface area (Å²) in [5.41, 5.74) is -0.309. The zero-order valence-corrected chi connectivity index (χ0v) is 13.9. The van der Waals surface area contributed by atoms with Gasteiger partial charge in [0.15, 0.2) is 0 Å². The molecule has 132 valence electrons. The van der Waals surface area contributed by atoms with E-state index in [1.54, 1.807) is 30.7 Å². The van der Waals surface area contributed by atoms with E-state index in [1.807, 2.05) is 10.8 Å². The van der Waals surface area contributed by atoms with E-state index in [-0.39, 0.29) is 23.8 Å². The number of amides is 1. The first kappa shape index (κ1) is 16.3. The number of halogens is 1. The first-order valence-corrected chi connectivity index (χ1v) is 8.83. The molecule has 2 aromatic rings. The molecular weight excluding hydrogens is 321 g/mol. The van der Waals surface area contributed by atoms with Gasteiger partial charge in [0.05, 0.1) is 29.9 Å². The van der Waals surface area contributed by atoms with E-state index < -0.39 is 11.5 Å². The number of carbonyl (C=O) groups is 1. The summed E-state index contributed by atoms with van der Waals surface area (Å²) in [6.45, 7) is 0. The van der Waals surface area contributed by atoms with Crippen LogP contribution >= 0.6 is 0 Å². The summed E-state index contributed by atoms with van der Waals surface area (Å²) in [5.74, 6) is -0.511. The minimum absolute atomic E-state index is 0.0924. The lowest BCUT2D eigenvalue weighted by Gasteiger charge is -2.36. The van der Waals surface area contributed by atoms with E-state index in [9.17, 15) is 14.3 Å². The second-order valence-electron chi connectivity index (χ2n) is 7.14. The zero-order valence-electron chi connectivity index (χ0n) is 13.9. The Morgan fingerprint density at radius 1 is 1.32 bits per heavy atom. The molecule has 2 aliphatic carbocycles. The molecule has 1 aromatic carbocycles. The van der Waals surface area contributed by atoms with E-state index in [1.165, 1.54) is 6.07 Å². The molecule has 1 aromatic heterocycles. The van der Waals surface area contributed by atoms with Gasteiger partial charge in [-0.25, -0.2) is 9.37 Å². The first-order valence-electron chi connectivity index (χ1n) is 8.83. The van der Waals surface area contributed by atoms with Crippen LogP contribution in [0.1, 0.15) is 43.7 Å². The number of aliphatic hydroxyl groups excluding tert-OH is 1. The van der Waals surface area contributed by atoms with Crippen molar-refractivity contribution in [2.24, 2.45) is 0 Å². The summed E-state index contributed by atoms with van der Waals surface area (Å²) in [7, 11) is 0. The third-order valence-electron chi connectivity index (χ3n) is 5.62. The summed E-state index contributed by atoms with van der Waals surface area (Å²) >= 11 is 0. The average molecular weight is 343 g/mol. The Kier molecular flexibility index (Phi) is 4.07. The number of rotatable bonds is 4. The van der Waals surface area contributed by atoms with Crippen LogP contribution < -0.4 is 5.32 Å². The number of aliphatic hydroxyl groups is 1. The van der Waals surface area contributed by atoms with Crippen molar-refractivity contribution >= 4 is 5.91 Å². The highest BCUT2D eigenvalue weighted by Crippen LogP contribution is 2.49. The Bertz CT molecular complexity index is 758. The summed E-state index contributed by atoms with van der Waals surface area (Å²) in [4.78, 5) is 16.9. The molecule has 0 aliphatic heterocycles. The predicted octanol–water partition coefficient (Wildman–Crippen LogP) is 2.32. The molecule has 0 radical (unpaired) electrons. The Balaban J connectivity index is 1.50. The molecule has 1 heterocycles. The number of aromatic nitrogens is 2. The predicted molar refractivity (Wildman–Crippen MR) is 90.4 cm³/mol. The third-order valence-corrected chi connectivity index (χ3v) is 5.62. The lowest BCUT2D eigenvalue weighted by Crippen LogP contribution is -2.51. The maximum Gasteiger partial charge on any atom is 0.231 e. The van der Waals surface area contributed by atoms with Crippen LogP contribution in [0.2, 0.25) is 0 Å². The largest absolute Gasteiger partial charge is 0.389 e. The second-order valence-corrected chi connectivity index (χ2v) is 7.14. The number of hydrogen-bond donors (Lipinski definition) is 2. The highest BCUT2D eigenvalue weighted by atomic mass is 19.1. The van der Waals surface area contributed by atoms with Crippen LogP contribution in [-0.4, -0.2) is 32.7 Å². The van der Waals surface area contributed by atoms with Gasteiger partial charge in [0.1, 0.15) is 5.82 Å². The van der Waals surface area contributed by atoms with Crippen molar-refractivity contribution < 1.29 is 14.3 Å². The van der Waals surface area contributed by atoms with Gasteiger partial charge in [-0.2, -0.15) is 0 Å². The van der Waals surface area contributed by atoms with Crippen LogP contribution in [0.3, 0.4) is 0 Å². The van der Waals surface area contributed by atoms with Gasteiger partial charge in [-0.05, 0) is 38.2 Å². The summed E-state index contributed by atoms with van der Waals surface area (Å²) in [6.07, 6.45) is 8.32. The van der Waals surface area contributed by atoms with Crippen LogP contribution in [0.5, 0.6) is 0 Å². The highest BCUT2D eigenvalue weighted by molar-refractivity contribution is 5.91. The SMILES string of the molecule is O=C(N[C@@H]1CCC[C@@H](n2ccnc2)[C@@H]1O)C1(c2ccccc2F)CC1. The Morgan fingerprint density at radius 2 is 2.12 bits per heavy atom. The van der Waals surface area contributed by atoms with Gasteiger partial charge in [-0.15, -0.1) is 0 Å². The third kappa shape index (κ3) is 2.84. The molecule has 0 spiro atoms. The molecule has 2 aliphatic rings. The van der Waals surface area contributed by atoms with Crippen molar-refractivity contribution in [2.45, 2.75) is 55.7 Å². The molecule has 3 atom stereocenters. The van der Waals surface area contributed by atoms with Gasteiger partial charge in [0.2, 0.25) is 5.91 Å². The fourth-order valence-corrected chi connectivity index (χ4v) is 4.00. The number of nitrogens with zero attached hydrogens (tertiary/aromatic N) is 2. The van der Waals surface area contributed by atoms with E-state index in [0.717, 1.165) is 19.3 Å². The Labute approximate surface area is 145 Å². The minimum atomic E-state index is -0.771. The number of nitrogens with one attached hydrogen (secondary N) is 1. The molecule has 6 heteroatoms. The van der Waals surface area contributed by atoms with Crippen LogP contribution in [0.4, 0.5) is 4.39 Å². The molecular formula is C19H22FN3O2. The lowest BCUT2D eigenvalue weighted by atomic mass is 9.86. The van der Waals surface area contributed by atoms with Crippen molar-refractivity contribution in [2.75, 3.05) is 0 Å². The van der Waals surface area contributed by atoms with Crippen molar-refractivity contribution in [1.29, 1.82) is 0 Å². The van der Waals surface area contributed by atoms with Gasteiger partial charge in [0, 0.05) is 18.0 Å². The van der Waals surface area contributed by atoms with E-state index in [4.69, 9.17) is 0 Å². The fourth-order valence-electron chi connectivity index (χ4n) is 4.00. The van der Waals surface area contributed by atoms with E-state index in [0.29, 0.717) is 18.4 Å². The summed E-state index contributed by atoms with van der Waals surface area (Å²) in [6, 6.07) is 6.06. The van der Waals surface area contributed by atoms with Crippen LogP contribution in [0.25, 0.3) is 0 Å². The highest BCUT2D eigenvalue weighted by Gasteiger charge is 2.53. The second kappa shape index (κ2) is 6.26. The molecule has 1 amide bonds. The summed E-state index contributed by atoms with van der Waals surface area (Å²) in [5, 5.41) is 13.7. The van der Waals surface area contributed by atoms with Gasteiger partial charge in [-0.1, -0.05) is 18.2 Å². The summed E-state index contributed by atoms with van der Waals surface area (Å²) < 4.78 is 16.0. The standard InChI is InChI=1S/C19H22FN3O2/c20-14-5-2-1-4-13(14)19(8-9-19)18(25)22-15-6-3-7-16(17(15)24)23-11-10-21-12-23/h1-2,4-5,10-12,15-17,24H,3,6-9H2,(H,22,25)/t15-,16-,17-/m1/s1. The maximum atomic E-state index is 14.1. The van der Waals surface area contributed by atoms with Gasteiger partial charge < -0.3 is 15.0 Å². The topological polar surface area (TPSA) is 67.2 Å². The molecule has 0 bridgehead atoms. The Morgan fingerprint density at radius 3 is 2.80 bits per heavy atom. The van der Waals surface area contributed by atoms with Gasteiger partial charge >= 0.3 is 0 Å². The first-order chi connectivity index (χ1) is 12.1. The monoisotopic (exact) mass is 343 g/mol. The van der Waals surface area contributed by atoms with Gasteiger partial charge in [0.25, 0.3) is 0 Å². The molecule has 2 saturated carbocycles. The molecule has 5 nitrogen and oxygen atoms in total. The normalized spacial score (nSPS) is 27.7. The number of benzene rings is 1. The number of imidazole rings is 1. The Hall–Kier alpha value is -2.21. The number of hydrogen-bond acceptors (Lipinski definition) is 3.